The standard InChI is InChI=1S/C9H18O10S/c10-1-4(11)2-18-9-8(14)7(13)6(12)5(19-9)3-20(15,16)17/h4-14H,1-3H2,(H,15,16,17)/t4-,5-,6-,7+,8-,9-/m1/s1. The molecule has 0 bridgehead atoms. The summed E-state index contributed by atoms with van der Waals surface area (Å²) in [5, 5.41) is 46.4. The van der Waals surface area contributed by atoms with Crippen LogP contribution in [0.4, 0.5) is 0 Å². The largest absolute Gasteiger partial charge is 0.394 e. The second kappa shape index (κ2) is 7.06. The molecule has 1 heterocycles. The van der Waals surface area contributed by atoms with Gasteiger partial charge < -0.3 is 35.0 Å². The molecule has 1 aliphatic heterocycles. The maximum absolute atomic E-state index is 10.8. The normalized spacial score (nSPS) is 36.8. The van der Waals surface area contributed by atoms with Gasteiger partial charge in [-0.1, -0.05) is 0 Å². The molecule has 0 aliphatic carbocycles. The summed E-state index contributed by atoms with van der Waals surface area (Å²) in [4.78, 5) is 0. The van der Waals surface area contributed by atoms with Gasteiger partial charge in [-0.15, -0.1) is 0 Å². The van der Waals surface area contributed by atoms with Crippen molar-refractivity contribution in [1.82, 2.24) is 0 Å². The van der Waals surface area contributed by atoms with Gasteiger partial charge in [0.1, 0.15) is 36.3 Å². The van der Waals surface area contributed by atoms with Crippen molar-refractivity contribution in [2.24, 2.45) is 0 Å². The lowest BCUT2D eigenvalue weighted by Gasteiger charge is -2.40. The number of aliphatic hydroxyl groups excluding tert-OH is 5. The highest BCUT2D eigenvalue weighted by molar-refractivity contribution is 7.85. The fourth-order valence-corrected chi connectivity index (χ4v) is 2.35. The van der Waals surface area contributed by atoms with Gasteiger partial charge in [0.2, 0.25) is 0 Å². The number of hydrogen-bond donors (Lipinski definition) is 6. The topological polar surface area (TPSA) is 174 Å². The van der Waals surface area contributed by atoms with E-state index in [0.717, 1.165) is 0 Å². The van der Waals surface area contributed by atoms with Crippen molar-refractivity contribution in [3.8, 4) is 0 Å². The number of hydrogen-bond acceptors (Lipinski definition) is 9. The Balaban J connectivity index is 2.70. The van der Waals surface area contributed by atoms with E-state index in [1.54, 1.807) is 0 Å². The third-order valence-electron chi connectivity index (χ3n) is 2.71. The molecule has 1 saturated heterocycles. The van der Waals surface area contributed by atoms with Gasteiger partial charge in [-0.2, -0.15) is 8.42 Å². The highest BCUT2D eigenvalue weighted by Crippen LogP contribution is 2.23. The molecule has 6 N–H and O–H groups in total. The van der Waals surface area contributed by atoms with Gasteiger partial charge in [-0.3, -0.25) is 4.55 Å². The summed E-state index contributed by atoms with van der Waals surface area (Å²) in [5.41, 5.74) is 0. The van der Waals surface area contributed by atoms with Crippen LogP contribution in [0.3, 0.4) is 0 Å². The number of rotatable bonds is 6. The Hall–Kier alpha value is -0.370. The molecule has 0 unspecified atom stereocenters. The fraction of sp³-hybridized carbons (Fsp3) is 1.00. The van der Waals surface area contributed by atoms with Gasteiger partial charge in [0.25, 0.3) is 10.1 Å². The molecule has 0 saturated carbocycles. The molecule has 1 aliphatic rings. The van der Waals surface area contributed by atoms with E-state index < -0.39 is 65.9 Å². The first-order chi connectivity index (χ1) is 9.15. The van der Waals surface area contributed by atoms with Crippen LogP contribution in [0.2, 0.25) is 0 Å². The molecule has 1 fully saturated rings. The average Bonchev–Trinajstić information content (AvgIpc) is 2.36. The van der Waals surface area contributed by atoms with Crippen LogP contribution in [0.1, 0.15) is 0 Å². The van der Waals surface area contributed by atoms with Crippen LogP contribution in [-0.4, -0.2) is 94.3 Å². The zero-order valence-electron chi connectivity index (χ0n) is 10.3. The highest BCUT2D eigenvalue weighted by atomic mass is 32.2. The Kier molecular flexibility index (Phi) is 6.25. The number of aliphatic hydroxyl groups is 5. The Labute approximate surface area is 114 Å². The van der Waals surface area contributed by atoms with E-state index in [-0.39, 0.29) is 0 Å². The minimum absolute atomic E-state index is 0.445. The average molecular weight is 318 g/mol. The predicted octanol–water partition coefficient (Wildman–Crippen LogP) is -3.95. The Morgan fingerprint density at radius 3 is 2.25 bits per heavy atom. The zero-order chi connectivity index (χ0) is 15.5. The van der Waals surface area contributed by atoms with Crippen LogP contribution in [-0.2, 0) is 19.6 Å². The summed E-state index contributed by atoms with van der Waals surface area (Å²) in [5.74, 6) is -1.000. The first-order valence-electron chi connectivity index (χ1n) is 5.71. The van der Waals surface area contributed by atoms with Crippen molar-refractivity contribution < 1.29 is 48.0 Å². The SMILES string of the molecule is O=S(=O)(O)C[C@H]1O[C@@H](OC[C@H](O)CO)[C@H](O)[C@@H](O)[C@@H]1O. The lowest BCUT2D eigenvalue weighted by atomic mass is 10.00. The van der Waals surface area contributed by atoms with Crippen LogP contribution in [0.25, 0.3) is 0 Å². The van der Waals surface area contributed by atoms with Crippen molar-refractivity contribution in [1.29, 1.82) is 0 Å². The van der Waals surface area contributed by atoms with E-state index in [4.69, 9.17) is 24.2 Å². The molecule has 1 rings (SSSR count). The highest BCUT2D eigenvalue weighted by Gasteiger charge is 2.45. The Bertz CT molecular complexity index is 398. The van der Waals surface area contributed by atoms with E-state index in [1.807, 2.05) is 0 Å². The molecule has 0 aromatic rings. The molecule has 120 valence electrons. The molecule has 20 heavy (non-hydrogen) atoms. The molecule has 6 atom stereocenters. The molecule has 0 amide bonds. The van der Waals surface area contributed by atoms with Gasteiger partial charge in [-0.25, -0.2) is 0 Å². The second-order valence-electron chi connectivity index (χ2n) is 4.43. The lowest BCUT2D eigenvalue weighted by molar-refractivity contribution is -0.296. The van der Waals surface area contributed by atoms with Gasteiger partial charge >= 0.3 is 0 Å². The number of ether oxygens (including phenoxy) is 2. The minimum atomic E-state index is -4.48. The Morgan fingerprint density at radius 1 is 1.15 bits per heavy atom. The van der Waals surface area contributed by atoms with Gasteiger partial charge in [0, 0.05) is 0 Å². The van der Waals surface area contributed by atoms with Crippen LogP contribution in [0.15, 0.2) is 0 Å². The zero-order valence-corrected chi connectivity index (χ0v) is 11.1. The third kappa shape index (κ3) is 4.87. The maximum atomic E-state index is 10.8. The van der Waals surface area contributed by atoms with Crippen LogP contribution >= 0.6 is 0 Å². The quantitative estimate of drug-likeness (QED) is 0.265. The van der Waals surface area contributed by atoms with Gasteiger partial charge in [0.15, 0.2) is 6.29 Å². The summed E-state index contributed by atoms with van der Waals surface area (Å²) in [7, 11) is -4.48. The monoisotopic (exact) mass is 318 g/mol. The van der Waals surface area contributed by atoms with E-state index >= 15 is 0 Å². The summed E-state index contributed by atoms with van der Waals surface area (Å²) >= 11 is 0. The Morgan fingerprint density at radius 2 is 1.75 bits per heavy atom. The van der Waals surface area contributed by atoms with Gasteiger partial charge in [0.05, 0.1) is 13.2 Å². The second-order valence-corrected chi connectivity index (χ2v) is 5.93. The summed E-state index contributed by atoms with van der Waals surface area (Å²) in [6, 6.07) is 0. The van der Waals surface area contributed by atoms with Crippen molar-refractivity contribution in [3.63, 3.8) is 0 Å². The minimum Gasteiger partial charge on any atom is -0.394 e. The van der Waals surface area contributed by atoms with E-state index in [0.29, 0.717) is 0 Å². The van der Waals surface area contributed by atoms with Crippen LogP contribution < -0.4 is 0 Å². The molecule has 11 heteroatoms. The smallest absolute Gasteiger partial charge is 0.267 e. The maximum Gasteiger partial charge on any atom is 0.267 e. The molecular formula is C9H18O10S. The first-order valence-corrected chi connectivity index (χ1v) is 7.32. The first kappa shape index (κ1) is 17.7. The molecule has 0 spiro atoms. The van der Waals surface area contributed by atoms with E-state index in [1.165, 1.54) is 0 Å². The van der Waals surface area contributed by atoms with Gasteiger partial charge in [-0.05, 0) is 0 Å². The summed E-state index contributed by atoms with van der Waals surface area (Å²) in [6.45, 7) is -1.05. The van der Waals surface area contributed by atoms with E-state index in [2.05, 4.69) is 0 Å². The van der Waals surface area contributed by atoms with E-state index in [9.17, 15) is 23.7 Å². The molecular weight excluding hydrogens is 300 g/mol. The lowest BCUT2D eigenvalue weighted by Crippen LogP contribution is -2.60. The van der Waals surface area contributed by atoms with Crippen LogP contribution in [0.5, 0.6) is 0 Å². The van der Waals surface area contributed by atoms with Crippen molar-refractivity contribution in [2.75, 3.05) is 19.0 Å². The molecule has 0 radical (unpaired) electrons. The molecule has 0 aromatic carbocycles. The van der Waals surface area contributed by atoms with Crippen molar-refractivity contribution >= 4 is 10.1 Å². The summed E-state index contributed by atoms with van der Waals surface area (Å²) in [6.07, 6.45) is -9.48. The fourth-order valence-electron chi connectivity index (χ4n) is 1.66. The predicted molar refractivity (Wildman–Crippen MR) is 62.1 cm³/mol. The third-order valence-corrected chi connectivity index (χ3v) is 3.46. The molecule has 0 aromatic heterocycles. The van der Waals surface area contributed by atoms with Crippen LogP contribution in [0, 0.1) is 0 Å². The van der Waals surface area contributed by atoms with Crippen molar-refractivity contribution in [2.45, 2.75) is 36.8 Å². The molecule has 10 nitrogen and oxygen atoms in total. The van der Waals surface area contributed by atoms with Crippen molar-refractivity contribution in [3.05, 3.63) is 0 Å². The summed E-state index contributed by atoms with van der Waals surface area (Å²) < 4.78 is 40.0.